The van der Waals surface area contributed by atoms with Gasteiger partial charge in [-0.25, -0.2) is 4.39 Å². The van der Waals surface area contributed by atoms with Gasteiger partial charge in [0.15, 0.2) is 5.82 Å². The van der Waals surface area contributed by atoms with Gasteiger partial charge in [-0.3, -0.25) is 9.00 Å². The van der Waals surface area contributed by atoms with Crippen LogP contribution in [0.15, 0.2) is 35.5 Å². The van der Waals surface area contributed by atoms with Crippen LogP contribution in [0, 0.1) is 5.82 Å². The maximum atomic E-state index is 14.3. The highest BCUT2D eigenvalue weighted by Gasteiger charge is 2.62. The highest BCUT2D eigenvalue weighted by atomic mass is 35.5. The van der Waals surface area contributed by atoms with Gasteiger partial charge in [0.05, 0.1) is 35.5 Å². The van der Waals surface area contributed by atoms with Gasteiger partial charge in [-0.2, -0.15) is 13.2 Å². The van der Waals surface area contributed by atoms with E-state index in [0.717, 1.165) is 23.3 Å². The number of likely N-dealkylation sites (tertiary alicyclic amines) is 1. The topological polar surface area (TPSA) is 68.2 Å². The van der Waals surface area contributed by atoms with Gasteiger partial charge >= 0.3 is 6.18 Å². The number of hydrogen-bond donors (Lipinski definition) is 0. The van der Waals surface area contributed by atoms with Crippen LogP contribution in [0.25, 0.3) is 0 Å². The van der Waals surface area contributed by atoms with Gasteiger partial charge in [-0.05, 0) is 34.9 Å². The molecule has 13 heteroatoms. The molecule has 1 amide bonds. The summed E-state index contributed by atoms with van der Waals surface area (Å²) in [7, 11) is -1.25. The summed E-state index contributed by atoms with van der Waals surface area (Å²) in [4.78, 5) is 18.7. The Labute approximate surface area is 215 Å². The smallest absolute Gasteiger partial charge is 0.374 e. The van der Waals surface area contributed by atoms with Crippen LogP contribution in [-0.4, -0.2) is 52.0 Å². The minimum atomic E-state index is -4.91. The van der Waals surface area contributed by atoms with E-state index in [1.54, 1.807) is 23.1 Å². The van der Waals surface area contributed by atoms with Crippen LogP contribution in [0.3, 0.4) is 0 Å². The average molecular weight is 565 g/mol. The second kappa shape index (κ2) is 8.68. The number of oxime groups is 1. The fourth-order valence-electron chi connectivity index (χ4n) is 4.75. The van der Waals surface area contributed by atoms with E-state index in [2.05, 4.69) is 5.16 Å². The van der Waals surface area contributed by atoms with Crippen LogP contribution in [0.2, 0.25) is 10.0 Å². The molecule has 0 saturated carbocycles. The predicted molar refractivity (Wildman–Crippen MR) is 125 cm³/mol. The van der Waals surface area contributed by atoms with Crippen molar-refractivity contribution in [1.29, 1.82) is 0 Å². The number of ether oxygens (including phenoxy) is 1. The third-order valence-corrected chi connectivity index (χ3v) is 7.84. The lowest BCUT2D eigenvalue weighted by Gasteiger charge is -2.47. The molecule has 1 saturated heterocycles. The van der Waals surface area contributed by atoms with Crippen molar-refractivity contribution in [2.45, 2.75) is 30.4 Å². The first-order valence-electron chi connectivity index (χ1n) is 10.7. The van der Waals surface area contributed by atoms with E-state index in [1.807, 2.05) is 0 Å². The fourth-order valence-corrected chi connectivity index (χ4v) is 5.77. The summed E-state index contributed by atoms with van der Waals surface area (Å²) in [5, 5.41) is 2.62. The van der Waals surface area contributed by atoms with Crippen molar-refractivity contribution in [2.24, 2.45) is 5.16 Å². The highest BCUT2D eigenvalue weighted by Crippen LogP contribution is 2.50. The van der Waals surface area contributed by atoms with Crippen molar-refractivity contribution in [3.8, 4) is 0 Å². The van der Waals surface area contributed by atoms with Crippen LogP contribution in [0.5, 0.6) is 0 Å². The van der Waals surface area contributed by atoms with Crippen molar-refractivity contribution in [2.75, 3.05) is 25.1 Å². The molecule has 3 heterocycles. The van der Waals surface area contributed by atoms with Gasteiger partial charge in [-0.15, -0.1) is 0 Å². The molecule has 36 heavy (non-hydrogen) atoms. The molecule has 0 aromatic heterocycles. The number of rotatable bonds is 4. The largest absolute Gasteiger partial charge is 0.435 e. The average Bonchev–Trinajstić information content (AvgIpc) is 3.38. The van der Waals surface area contributed by atoms with E-state index in [9.17, 15) is 26.6 Å². The lowest BCUT2D eigenvalue weighted by molar-refractivity contribution is -0.275. The number of benzene rings is 2. The molecule has 192 valence electrons. The first kappa shape index (κ1) is 25.4. The predicted octanol–water partition coefficient (Wildman–Crippen LogP) is 4.66. The molecule has 5 rings (SSSR count). The number of halogens is 6. The zero-order chi connectivity index (χ0) is 26.0. The Morgan fingerprint density at radius 2 is 1.86 bits per heavy atom. The molecule has 2 atom stereocenters. The highest BCUT2D eigenvalue weighted by molar-refractivity contribution is 7.85. The van der Waals surface area contributed by atoms with Gasteiger partial charge in [0, 0.05) is 29.0 Å². The SMILES string of the molecule is C[S@](=O)CC(=O)N1CC2(C1)OCc1cc(C3=NOC(c4cc(Cl)c(F)c(Cl)c4)(C(F)(F)F)C3)ccc12. The maximum absolute atomic E-state index is 14.3. The van der Waals surface area contributed by atoms with Crippen LogP contribution in [0.1, 0.15) is 28.7 Å². The molecule has 2 aromatic carbocycles. The molecule has 0 radical (unpaired) electrons. The van der Waals surface area contributed by atoms with E-state index in [-0.39, 0.29) is 24.0 Å². The van der Waals surface area contributed by atoms with Crippen molar-refractivity contribution in [3.63, 3.8) is 0 Å². The fraction of sp³-hybridized carbons (Fsp3) is 0.391. The number of alkyl halides is 3. The Balaban J connectivity index is 1.39. The third kappa shape index (κ3) is 4.00. The van der Waals surface area contributed by atoms with E-state index in [4.69, 9.17) is 32.8 Å². The van der Waals surface area contributed by atoms with Crippen LogP contribution in [0.4, 0.5) is 17.6 Å². The second-order valence-electron chi connectivity index (χ2n) is 9.01. The lowest BCUT2D eigenvalue weighted by atomic mass is 9.83. The summed E-state index contributed by atoms with van der Waals surface area (Å²) >= 11 is 11.5. The maximum Gasteiger partial charge on any atom is 0.435 e. The normalized spacial score (nSPS) is 23.2. The quantitative estimate of drug-likeness (QED) is 0.400. The second-order valence-corrected chi connectivity index (χ2v) is 11.3. The molecular weight excluding hydrogens is 547 g/mol. The Kier molecular flexibility index (Phi) is 6.13. The summed E-state index contributed by atoms with van der Waals surface area (Å²) in [6.45, 7) is 0.831. The summed E-state index contributed by atoms with van der Waals surface area (Å²) in [6.07, 6.45) is -4.12. The third-order valence-electron chi connectivity index (χ3n) is 6.64. The molecule has 0 N–H and O–H groups in total. The molecule has 1 unspecified atom stereocenters. The number of amides is 1. The van der Waals surface area contributed by atoms with Crippen LogP contribution < -0.4 is 0 Å². The van der Waals surface area contributed by atoms with E-state index in [1.165, 1.54) is 6.26 Å². The summed E-state index contributed by atoms with van der Waals surface area (Å²) in [6, 6.07) is 6.74. The molecule has 3 aliphatic heterocycles. The van der Waals surface area contributed by atoms with Crippen LogP contribution >= 0.6 is 23.2 Å². The summed E-state index contributed by atoms with van der Waals surface area (Å²) in [5.41, 5.74) is -1.97. The molecule has 0 bridgehead atoms. The first-order chi connectivity index (χ1) is 16.8. The Bertz CT molecular complexity index is 1310. The zero-order valence-electron chi connectivity index (χ0n) is 18.6. The molecule has 6 nitrogen and oxygen atoms in total. The Morgan fingerprint density at radius 1 is 1.19 bits per heavy atom. The minimum Gasteiger partial charge on any atom is -0.374 e. The zero-order valence-corrected chi connectivity index (χ0v) is 21.0. The molecule has 1 spiro atoms. The van der Waals surface area contributed by atoms with Gasteiger partial charge in [0.1, 0.15) is 11.4 Å². The van der Waals surface area contributed by atoms with Gasteiger partial charge < -0.3 is 14.5 Å². The molecule has 3 aliphatic rings. The van der Waals surface area contributed by atoms with E-state index >= 15 is 0 Å². The van der Waals surface area contributed by atoms with Crippen molar-refractivity contribution < 1.29 is 36.1 Å². The number of carbonyl (C=O) groups is 1. The van der Waals surface area contributed by atoms with Crippen LogP contribution in [-0.2, 0) is 43.0 Å². The van der Waals surface area contributed by atoms with Crippen molar-refractivity contribution >= 4 is 45.6 Å². The van der Waals surface area contributed by atoms with Gasteiger partial charge in [0.25, 0.3) is 5.60 Å². The number of nitrogens with zero attached hydrogens (tertiary/aromatic N) is 2. The number of carbonyl (C=O) groups excluding carboxylic acids is 1. The van der Waals surface area contributed by atoms with Gasteiger partial charge in [0.2, 0.25) is 5.91 Å². The minimum absolute atomic E-state index is 0.0449. The van der Waals surface area contributed by atoms with Crippen molar-refractivity contribution in [1.82, 2.24) is 4.90 Å². The standard InChI is InChI=1S/C23H18Cl2F4N2O4S/c1-36(33)9-19(32)31-10-21(11-31)15-3-2-12(4-13(15)8-34-21)18-7-22(35-30-18,23(27,28)29)14-5-16(24)20(26)17(25)6-14/h2-6H,7-11H2,1H3/t22?,36-/m0/s1. The lowest BCUT2D eigenvalue weighted by Crippen LogP contribution is -2.61. The Hall–Kier alpha value is -2.21. The van der Waals surface area contributed by atoms with E-state index < -0.39 is 56.0 Å². The van der Waals surface area contributed by atoms with Crippen molar-refractivity contribution in [3.05, 3.63) is 68.4 Å². The van der Waals surface area contributed by atoms with Gasteiger partial charge in [-0.1, -0.05) is 40.5 Å². The summed E-state index contributed by atoms with van der Waals surface area (Å²) < 4.78 is 73.9. The Morgan fingerprint density at radius 3 is 2.47 bits per heavy atom. The molecule has 1 fully saturated rings. The van der Waals surface area contributed by atoms with E-state index in [0.29, 0.717) is 18.7 Å². The summed E-state index contributed by atoms with van der Waals surface area (Å²) in [5.74, 6) is -1.31. The monoisotopic (exact) mass is 564 g/mol. The molecular formula is C23H18Cl2F4N2O4S. The first-order valence-corrected chi connectivity index (χ1v) is 13.2. The molecule has 2 aromatic rings. The number of hydrogen-bond acceptors (Lipinski definition) is 5. The number of fused-ring (bicyclic) bond motifs is 2. The molecule has 0 aliphatic carbocycles.